The Morgan fingerprint density at radius 2 is 2.18 bits per heavy atom. The van der Waals surface area contributed by atoms with Crippen LogP contribution in [-0.2, 0) is 9.47 Å². The van der Waals surface area contributed by atoms with Crippen LogP contribution in [0.3, 0.4) is 0 Å². The average Bonchev–Trinajstić information content (AvgIpc) is 2.98. The van der Waals surface area contributed by atoms with Crippen molar-refractivity contribution in [3.63, 3.8) is 0 Å². The van der Waals surface area contributed by atoms with Gasteiger partial charge < -0.3 is 20.5 Å². The Bertz CT molecular complexity index is 445. The van der Waals surface area contributed by atoms with Crippen molar-refractivity contribution in [2.75, 3.05) is 38.3 Å². The monoisotopic (exact) mass is 419 g/mol. The molecule has 1 unspecified atom stereocenters. The third-order valence-electron chi connectivity index (χ3n) is 3.43. The molecule has 0 aromatic heterocycles. The van der Waals surface area contributed by atoms with Crippen LogP contribution in [0.15, 0.2) is 29.3 Å². The van der Waals surface area contributed by atoms with Gasteiger partial charge in [0.1, 0.15) is 0 Å². The molecule has 3 N–H and O–H groups in total. The van der Waals surface area contributed by atoms with Gasteiger partial charge in [-0.05, 0) is 31.9 Å². The molecule has 1 fully saturated rings. The standard InChI is InChI=1S/C16H25N3O2.HI/c1-13-3-5-15(6-4-13)19-16(17)18-8-2-9-20-11-14-7-10-21-12-14;/h3-6,14H,2,7-12H2,1H3,(H3,17,18,19);1H. The van der Waals surface area contributed by atoms with Crippen LogP contribution in [0, 0.1) is 12.8 Å². The summed E-state index contributed by atoms with van der Waals surface area (Å²) in [5.74, 6) is 1.02. The quantitative estimate of drug-likeness (QED) is 0.309. The van der Waals surface area contributed by atoms with E-state index in [1.807, 2.05) is 24.3 Å². The van der Waals surface area contributed by atoms with E-state index in [1.54, 1.807) is 0 Å². The first-order valence-electron chi connectivity index (χ1n) is 7.53. The molecule has 1 aliphatic heterocycles. The fraction of sp³-hybridized carbons (Fsp3) is 0.562. The number of benzene rings is 1. The van der Waals surface area contributed by atoms with Crippen molar-refractivity contribution < 1.29 is 9.47 Å². The zero-order chi connectivity index (χ0) is 14.9. The molecule has 0 spiro atoms. The predicted molar refractivity (Wildman–Crippen MR) is 101 cm³/mol. The molecule has 1 aliphatic rings. The number of halogens is 1. The normalized spacial score (nSPS) is 18.0. The van der Waals surface area contributed by atoms with Gasteiger partial charge in [-0.2, -0.15) is 0 Å². The Morgan fingerprint density at radius 3 is 2.86 bits per heavy atom. The van der Waals surface area contributed by atoms with Gasteiger partial charge in [-0.1, -0.05) is 17.7 Å². The molecule has 0 radical (unpaired) electrons. The number of rotatable bonds is 7. The van der Waals surface area contributed by atoms with Crippen molar-refractivity contribution in [1.29, 1.82) is 0 Å². The summed E-state index contributed by atoms with van der Waals surface area (Å²) in [4.78, 5) is 4.29. The Labute approximate surface area is 149 Å². The highest BCUT2D eigenvalue weighted by Gasteiger charge is 2.14. The molecule has 1 aromatic rings. The van der Waals surface area contributed by atoms with E-state index in [2.05, 4.69) is 17.2 Å². The van der Waals surface area contributed by atoms with Crippen LogP contribution in [0.25, 0.3) is 0 Å². The van der Waals surface area contributed by atoms with Gasteiger partial charge in [-0.3, -0.25) is 4.99 Å². The third kappa shape index (κ3) is 7.42. The van der Waals surface area contributed by atoms with E-state index >= 15 is 0 Å². The number of hydrogen-bond acceptors (Lipinski definition) is 3. The Kier molecular flexibility index (Phi) is 9.42. The van der Waals surface area contributed by atoms with E-state index < -0.39 is 0 Å². The van der Waals surface area contributed by atoms with Crippen molar-refractivity contribution >= 4 is 35.6 Å². The van der Waals surface area contributed by atoms with Crippen molar-refractivity contribution in [3.05, 3.63) is 29.8 Å². The van der Waals surface area contributed by atoms with Crippen LogP contribution < -0.4 is 11.1 Å². The second kappa shape index (κ2) is 10.8. The number of nitrogens with two attached hydrogens (primary N) is 1. The lowest BCUT2D eigenvalue weighted by Crippen LogP contribution is -2.23. The molecule has 22 heavy (non-hydrogen) atoms. The zero-order valence-electron chi connectivity index (χ0n) is 13.1. The lowest BCUT2D eigenvalue weighted by molar-refractivity contribution is 0.0893. The van der Waals surface area contributed by atoms with Gasteiger partial charge in [0.2, 0.25) is 0 Å². The summed E-state index contributed by atoms with van der Waals surface area (Å²) < 4.78 is 10.9. The number of aryl methyl sites for hydroxylation is 1. The first kappa shape index (κ1) is 19.2. The average molecular weight is 419 g/mol. The van der Waals surface area contributed by atoms with Gasteiger partial charge in [0.15, 0.2) is 5.96 Å². The molecule has 0 amide bonds. The summed E-state index contributed by atoms with van der Waals surface area (Å²) >= 11 is 0. The smallest absolute Gasteiger partial charge is 0.193 e. The molecule has 1 heterocycles. The number of ether oxygens (including phenoxy) is 2. The lowest BCUT2D eigenvalue weighted by atomic mass is 10.1. The number of guanidine groups is 1. The SMILES string of the molecule is Cc1ccc(NC(N)=NCCCOCC2CCOC2)cc1.I. The fourth-order valence-corrected chi connectivity index (χ4v) is 2.16. The summed E-state index contributed by atoms with van der Waals surface area (Å²) in [6.45, 7) is 5.95. The molecule has 124 valence electrons. The Morgan fingerprint density at radius 1 is 1.41 bits per heavy atom. The molecule has 0 bridgehead atoms. The van der Waals surface area contributed by atoms with E-state index in [1.165, 1.54) is 5.56 Å². The van der Waals surface area contributed by atoms with Gasteiger partial charge in [-0.15, -0.1) is 24.0 Å². The molecule has 0 saturated carbocycles. The maximum atomic E-state index is 5.84. The highest BCUT2D eigenvalue weighted by Crippen LogP contribution is 2.12. The van der Waals surface area contributed by atoms with Crippen LogP contribution in [0.1, 0.15) is 18.4 Å². The lowest BCUT2D eigenvalue weighted by Gasteiger charge is -2.08. The zero-order valence-corrected chi connectivity index (χ0v) is 15.4. The maximum absolute atomic E-state index is 5.84. The number of anilines is 1. The van der Waals surface area contributed by atoms with Crippen molar-refractivity contribution in [3.8, 4) is 0 Å². The predicted octanol–water partition coefficient (Wildman–Crippen LogP) is 2.78. The summed E-state index contributed by atoms with van der Waals surface area (Å²) in [6, 6.07) is 8.06. The molecule has 1 atom stereocenters. The van der Waals surface area contributed by atoms with Crippen LogP contribution >= 0.6 is 24.0 Å². The molecule has 2 rings (SSSR count). The van der Waals surface area contributed by atoms with Gasteiger partial charge in [0, 0.05) is 31.4 Å². The maximum Gasteiger partial charge on any atom is 0.193 e. The second-order valence-corrected chi connectivity index (χ2v) is 5.42. The number of nitrogens with one attached hydrogen (secondary N) is 1. The molecule has 6 heteroatoms. The minimum absolute atomic E-state index is 0. The fourth-order valence-electron chi connectivity index (χ4n) is 2.16. The van der Waals surface area contributed by atoms with Crippen LogP contribution in [0.5, 0.6) is 0 Å². The van der Waals surface area contributed by atoms with Crippen molar-refractivity contribution in [2.45, 2.75) is 19.8 Å². The van der Waals surface area contributed by atoms with E-state index in [0.717, 1.165) is 45.0 Å². The van der Waals surface area contributed by atoms with E-state index in [-0.39, 0.29) is 24.0 Å². The molecular weight excluding hydrogens is 393 g/mol. The summed E-state index contributed by atoms with van der Waals surface area (Å²) in [5.41, 5.74) is 8.02. The Balaban J connectivity index is 0.00000242. The first-order chi connectivity index (χ1) is 10.2. The van der Waals surface area contributed by atoms with E-state index in [4.69, 9.17) is 15.2 Å². The molecule has 1 aromatic carbocycles. The minimum atomic E-state index is 0. The molecule has 0 aliphatic carbocycles. The summed E-state index contributed by atoms with van der Waals surface area (Å²) in [7, 11) is 0. The highest BCUT2D eigenvalue weighted by molar-refractivity contribution is 14.0. The van der Waals surface area contributed by atoms with Gasteiger partial charge in [0.25, 0.3) is 0 Å². The van der Waals surface area contributed by atoms with Crippen LogP contribution in [0.4, 0.5) is 5.69 Å². The summed E-state index contributed by atoms with van der Waals surface area (Å²) in [6.07, 6.45) is 2.00. The van der Waals surface area contributed by atoms with E-state index in [9.17, 15) is 0 Å². The van der Waals surface area contributed by atoms with Gasteiger partial charge in [0.05, 0.1) is 13.2 Å². The van der Waals surface area contributed by atoms with Crippen LogP contribution in [0.2, 0.25) is 0 Å². The van der Waals surface area contributed by atoms with Crippen LogP contribution in [-0.4, -0.2) is 38.9 Å². The molecule has 5 nitrogen and oxygen atoms in total. The van der Waals surface area contributed by atoms with Crippen molar-refractivity contribution in [2.24, 2.45) is 16.6 Å². The van der Waals surface area contributed by atoms with E-state index in [0.29, 0.717) is 18.4 Å². The second-order valence-electron chi connectivity index (χ2n) is 5.42. The minimum Gasteiger partial charge on any atom is -0.381 e. The number of aliphatic imine (C=N–C) groups is 1. The molecular formula is C16H26IN3O2. The number of nitrogens with zero attached hydrogens (tertiary/aromatic N) is 1. The van der Waals surface area contributed by atoms with Gasteiger partial charge >= 0.3 is 0 Å². The first-order valence-corrected chi connectivity index (χ1v) is 7.53. The largest absolute Gasteiger partial charge is 0.381 e. The third-order valence-corrected chi connectivity index (χ3v) is 3.43. The Hall–Kier alpha value is -0.860. The molecule has 1 saturated heterocycles. The van der Waals surface area contributed by atoms with Gasteiger partial charge in [-0.25, -0.2) is 0 Å². The highest BCUT2D eigenvalue weighted by atomic mass is 127. The number of hydrogen-bond donors (Lipinski definition) is 2. The topological polar surface area (TPSA) is 68.9 Å². The van der Waals surface area contributed by atoms with Crippen molar-refractivity contribution in [1.82, 2.24) is 0 Å². The summed E-state index contributed by atoms with van der Waals surface area (Å²) in [5, 5.41) is 3.08.